The number of hydrogen-bond donors (Lipinski definition) is 0. The highest BCUT2D eigenvalue weighted by Crippen LogP contribution is 2.32. The molecule has 0 fully saturated rings. The van der Waals surface area contributed by atoms with Crippen LogP contribution in [0, 0.1) is 0 Å². The van der Waals surface area contributed by atoms with Gasteiger partial charge in [-0.2, -0.15) is 0 Å². The van der Waals surface area contributed by atoms with E-state index in [1.54, 1.807) is 4.90 Å². The number of aryl methyl sites for hydroxylation is 1. The Labute approximate surface area is 101 Å². The smallest absolute Gasteiger partial charge is 0.299 e. The summed E-state index contributed by atoms with van der Waals surface area (Å²) in [7, 11) is 0. The van der Waals surface area contributed by atoms with Crippen LogP contribution in [0.1, 0.15) is 42.6 Å². The largest absolute Gasteiger partial charge is 0.305 e. The number of rotatable bonds is 4. The van der Waals surface area contributed by atoms with E-state index in [1.807, 2.05) is 25.1 Å². The van der Waals surface area contributed by atoms with Crippen molar-refractivity contribution in [2.24, 2.45) is 0 Å². The van der Waals surface area contributed by atoms with E-state index in [1.165, 1.54) is 0 Å². The maximum absolute atomic E-state index is 12.0. The summed E-state index contributed by atoms with van der Waals surface area (Å²) in [6.45, 7) is 4.70. The minimum absolute atomic E-state index is 0.336. The topological polar surface area (TPSA) is 37.4 Å². The van der Waals surface area contributed by atoms with E-state index in [0.717, 1.165) is 30.5 Å². The maximum atomic E-state index is 12.0. The van der Waals surface area contributed by atoms with Gasteiger partial charge < -0.3 is 4.90 Å². The molecule has 1 aliphatic rings. The Bertz CT molecular complexity index is 465. The van der Waals surface area contributed by atoms with Crippen LogP contribution >= 0.6 is 0 Å². The van der Waals surface area contributed by atoms with Gasteiger partial charge in [-0.3, -0.25) is 9.59 Å². The Balaban J connectivity index is 2.49. The first-order chi connectivity index (χ1) is 8.20. The van der Waals surface area contributed by atoms with Gasteiger partial charge >= 0.3 is 0 Å². The molecule has 90 valence electrons. The van der Waals surface area contributed by atoms with Crippen molar-refractivity contribution in [3.05, 3.63) is 29.3 Å². The molecule has 0 aliphatic carbocycles. The van der Waals surface area contributed by atoms with E-state index in [9.17, 15) is 9.59 Å². The summed E-state index contributed by atoms with van der Waals surface area (Å²) in [6.07, 6.45) is 2.68. The summed E-state index contributed by atoms with van der Waals surface area (Å²) in [5.41, 5.74) is 2.43. The van der Waals surface area contributed by atoms with Crippen LogP contribution in [0.15, 0.2) is 18.2 Å². The fourth-order valence-electron chi connectivity index (χ4n) is 2.34. The number of anilines is 1. The molecule has 1 aliphatic heterocycles. The highest BCUT2D eigenvalue weighted by atomic mass is 16.2. The van der Waals surface area contributed by atoms with Gasteiger partial charge in [-0.15, -0.1) is 0 Å². The number of ketones is 1. The van der Waals surface area contributed by atoms with E-state index in [4.69, 9.17) is 0 Å². The molecule has 1 aromatic rings. The molecule has 0 atom stereocenters. The van der Waals surface area contributed by atoms with Crippen LogP contribution in [0.3, 0.4) is 0 Å². The van der Waals surface area contributed by atoms with Crippen molar-refractivity contribution >= 4 is 17.4 Å². The van der Waals surface area contributed by atoms with Crippen molar-refractivity contribution in [3.8, 4) is 0 Å². The number of fused-ring (bicyclic) bond motifs is 1. The van der Waals surface area contributed by atoms with Crippen LogP contribution in [0.2, 0.25) is 0 Å². The standard InChI is InChI=1S/C14H17NO2/c1-3-6-10-7-5-8-11-12(10)13(16)14(17)15(11)9-4-2/h5,7-8H,3-4,6,9H2,1-2H3. The molecule has 2 rings (SSSR count). The molecule has 0 N–H and O–H groups in total. The van der Waals surface area contributed by atoms with Gasteiger partial charge in [0.15, 0.2) is 0 Å². The molecule has 0 unspecified atom stereocenters. The number of carbonyl (C=O) groups excluding carboxylic acids is 2. The molecule has 0 saturated heterocycles. The van der Waals surface area contributed by atoms with Crippen molar-refractivity contribution in [1.82, 2.24) is 0 Å². The lowest BCUT2D eigenvalue weighted by molar-refractivity contribution is -0.114. The Morgan fingerprint density at radius 1 is 1.12 bits per heavy atom. The molecule has 0 saturated carbocycles. The zero-order valence-electron chi connectivity index (χ0n) is 10.3. The zero-order valence-corrected chi connectivity index (χ0v) is 10.3. The third kappa shape index (κ3) is 1.86. The molecule has 0 radical (unpaired) electrons. The van der Waals surface area contributed by atoms with Crippen molar-refractivity contribution in [2.75, 3.05) is 11.4 Å². The molecule has 17 heavy (non-hydrogen) atoms. The van der Waals surface area contributed by atoms with Crippen LogP contribution in [0.25, 0.3) is 0 Å². The van der Waals surface area contributed by atoms with Gasteiger partial charge in [-0.05, 0) is 24.5 Å². The van der Waals surface area contributed by atoms with Crippen molar-refractivity contribution in [2.45, 2.75) is 33.1 Å². The minimum atomic E-state index is -0.370. The van der Waals surface area contributed by atoms with Gasteiger partial charge in [0, 0.05) is 6.54 Å². The molecular formula is C14H17NO2. The van der Waals surface area contributed by atoms with Crippen LogP contribution in [-0.4, -0.2) is 18.2 Å². The number of amides is 1. The first-order valence-corrected chi connectivity index (χ1v) is 6.18. The Hall–Kier alpha value is -1.64. The fourth-order valence-corrected chi connectivity index (χ4v) is 2.34. The normalized spacial score (nSPS) is 14.4. The summed E-state index contributed by atoms with van der Waals surface area (Å²) in [5.74, 6) is -0.706. The maximum Gasteiger partial charge on any atom is 0.299 e. The summed E-state index contributed by atoms with van der Waals surface area (Å²) in [6, 6.07) is 5.74. The Morgan fingerprint density at radius 3 is 2.53 bits per heavy atom. The van der Waals surface area contributed by atoms with Gasteiger partial charge in [0.25, 0.3) is 11.7 Å². The second-order valence-corrected chi connectivity index (χ2v) is 4.35. The van der Waals surface area contributed by atoms with Gasteiger partial charge in [0.05, 0.1) is 11.3 Å². The van der Waals surface area contributed by atoms with Crippen molar-refractivity contribution in [3.63, 3.8) is 0 Å². The highest BCUT2D eigenvalue weighted by molar-refractivity contribution is 6.52. The van der Waals surface area contributed by atoms with E-state index in [-0.39, 0.29) is 11.7 Å². The average molecular weight is 231 g/mol. The third-order valence-electron chi connectivity index (χ3n) is 3.05. The summed E-state index contributed by atoms with van der Waals surface area (Å²) < 4.78 is 0. The number of nitrogens with zero attached hydrogens (tertiary/aromatic N) is 1. The lowest BCUT2D eigenvalue weighted by Crippen LogP contribution is -2.30. The molecule has 0 aromatic heterocycles. The lowest BCUT2D eigenvalue weighted by Gasteiger charge is -2.15. The summed E-state index contributed by atoms with van der Waals surface area (Å²) in [5, 5.41) is 0. The van der Waals surface area contributed by atoms with Gasteiger partial charge in [0.2, 0.25) is 0 Å². The monoisotopic (exact) mass is 231 g/mol. The molecule has 1 heterocycles. The fraction of sp³-hybridized carbons (Fsp3) is 0.429. The molecule has 0 spiro atoms. The quantitative estimate of drug-likeness (QED) is 0.747. The number of Topliss-reactive ketones (excluding diaryl/α,β-unsaturated/α-hetero) is 1. The number of carbonyl (C=O) groups is 2. The molecule has 0 bridgehead atoms. The van der Waals surface area contributed by atoms with E-state index >= 15 is 0 Å². The van der Waals surface area contributed by atoms with Gasteiger partial charge in [-0.25, -0.2) is 0 Å². The van der Waals surface area contributed by atoms with Crippen LogP contribution < -0.4 is 4.90 Å². The second kappa shape index (κ2) is 4.70. The minimum Gasteiger partial charge on any atom is -0.305 e. The van der Waals surface area contributed by atoms with E-state index < -0.39 is 0 Å². The molecular weight excluding hydrogens is 214 g/mol. The van der Waals surface area contributed by atoms with Crippen LogP contribution in [-0.2, 0) is 11.2 Å². The Morgan fingerprint density at radius 2 is 1.88 bits per heavy atom. The van der Waals surface area contributed by atoms with Crippen molar-refractivity contribution < 1.29 is 9.59 Å². The third-order valence-corrected chi connectivity index (χ3v) is 3.05. The predicted octanol–water partition coefficient (Wildman–Crippen LogP) is 2.58. The number of hydrogen-bond acceptors (Lipinski definition) is 2. The summed E-state index contributed by atoms with van der Waals surface area (Å²) in [4.78, 5) is 25.5. The van der Waals surface area contributed by atoms with Gasteiger partial charge in [0.1, 0.15) is 0 Å². The Kier molecular flexibility index (Phi) is 3.27. The SMILES string of the molecule is CCCc1cccc2c1C(=O)C(=O)N2CCC. The average Bonchev–Trinajstić information content (AvgIpc) is 2.56. The van der Waals surface area contributed by atoms with Crippen LogP contribution in [0.5, 0.6) is 0 Å². The molecule has 3 heteroatoms. The second-order valence-electron chi connectivity index (χ2n) is 4.35. The van der Waals surface area contributed by atoms with Gasteiger partial charge in [-0.1, -0.05) is 32.4 Å². The highest BCUT2D eigenvalue weighted by Gasteiger charge is 2.36. The molecule has 1 aromatic carbocycles. The zero-order chi connectivity index (χ0) is 12.4. The first-order valence-electron chi connectivity index (χ1n) is 6.18. The first kappa shape index (κ1) is 11.8. The number of benzene rings is 1. The van der Waals surface area contributed by atoms with E-state index in [0.29, 0.717) is 12.1 Å². The predicted molar refractivity (Wildman–Crippen MR) is 67.4 cm³/mol. The van der Waals surface area contributed by atoms with Crippen molar-refractivity contribution in [1.29, 1.82) is 0 Å². The lowest BCUT2D eigenvalue weighted by atomic mass is 10.0. The van der Waals surface area contributed by atoms with E-state index in [2.05, 4.69) is 6.92 Å². The molecule has 1 amide bonds. The van der Waals surface area contributed by atoms with Crippen LogP contribution in [0.4, 0.5) is 5.69 Å². The molecule has 3 nitrogen and oxygen atoms in total. The summed E-state index contributed by atoms with van der Waals surface area (Å²) >= 11 is 0.